The fourth-order valence-electron chi connectivity index (χ4n) is 5.37. The van der Waals surface area contributed by atoms with Gasteiger partial charge >= 0.3 is 5.97 Å². The zero-order chi connectivity index (χ0) is 30.3. The summed E-state index contributed by atoms with van der Waals surface area (Å²) in [5, 5.41) is 0. The first kappa shape index (κ1) is 29.8. The molecule has 0 radical (unpaired) electrons. The predicted octanol–water partition coefficient (Wildman–Crippen LogP) is 6.21. The average Bonchev–Trinajstić information content (AvgIpc) is 3.49. The normalized spacial score (nSPS) is 14.6. The van der Waals surface area contributed by atoms with Crippen LogP contribution in [0.15, 0.2) is 59.3 Å². The van der Waals surface area contributed by atoms with Gasteiger partial charge in [-0.2, -0.15) is 4.98 Å². The van der Waals surface area contributed by atoms with E-state index in [9.17, 15) is 4.79 Å². The van der Waals surface area contributed by atoms with Crippen molar-refractivity contribution in [2.24, 2.45) is 5.92 Å². The lowest BCUT2D eigenvalue weighted by Crippen LogP contribution is -2.23. The number of esters is 1. The van der Waals surface area contributed by atoms with Crippen molar-refractivity contribution >= 4 is 28.7 Å². The smallest absolute Gasteiger partial charge is 0.309 e. The highest BCUT2D eigenvalue weighted by Gasteiger charge is 2.27. The largest absolute Gasteiger partial charge is 0.497 e. The number of methoxy groups -OCH3 is 4. The van der Waals surface area contributed by atoms with Gasteiger partial charge in [0.1, 0.15) is 28.5 Å². The first-order chi connectivity index (χ1) is 21.0. The second-order valence-corrected chi connectivity index (χ2v) is 10.2. The van der Waals surface area contributed by atoms with E-state index in [1.165, 1.54) is 7.11 Å². The number of hydrogen-bond acceptors (Lipinski definition) is 10. The van der Waals surface area contributed by atoms with Crippen LogP contribution in [0.3, 0.4) is 0 Å². The first-order valence-electron chi connectivity index (χ1n) is 14.2. The van der Waals surface area contributed by atoms with E-state index in [1.807, 2.05) is 48.2 Å². The van der Waals surface area contributed by atoms with Gasteiger partial charge < -0.3 is 33.0 Å². The van der Waals surface area contributed by atoms with Crippen molar-refractivity contribution in [2.45, 2.75) is 39.3 Å². The molecule has 1 aliphatic carbocycles. The Hall–Kier alpha value is -4.73. The number of ether oxygens (including phenoxy) is 5. The molecule has 0 amide bonds. The first-order valence-corrected chi connectivity index (χ1v) is 14.2. The molecule has 2 aromatic carbocycles. The zero-order valence-electron chi connectivity index (χ0n) is 25.2. The number of carbonyl (C=O) groups is 1. The predicted molar refractivity (Wildman–Crippen MR) is 163 cm³/mol. The summed E-state index contributed by atoms with van der Waals surface area (Å²) in [6, 6.07) is 11.9. The van der Waals surface area contributed by atoms with E-state index in [1.54, 1.807) is 33.7 Å². The molecule has 4 aromatic rings. The Balaban J connectivity index is 1.56. The minimum atomic E-state index is -0.201. The van der Waals surface area contributed by atoms with E-state index < -0.39 is 0 Å². The topological polar surface area (TPSA) is 105 Å². The third-order valence-electron chi connectivity index (χ3n) is 7.60. The summed E-state index contributed by atoms with van der Waals surface area (Å²) in [7, 11) is 6.32. The van der Waals surface area contributed by atoms with Crippen LogP contribution in [0.25, 0.3) is 16.7 Å². The summed E-state index contributed by atoms with van der Waals surface area (Å²) in [5.41, 5.74) is 4.93. The van der Waals surface area contributed by atoms with Gasteiger partial charge in [0.05, 0.1) is 60.3 Å². The zero-order valence-corrected chi connectivity index (χ0v) is 25.2. The SMILES string of the molecule is CCOc1cc(OC)ccc1CN(Cc1ccc(OC)cc1OC)c1nc2cncc(C3=CCCC(C(=O)OC)C3)c2o1. The number of hydrogen-bond donors (Lipinski definition) is 0. The Morgan fingerprint density at radius 2 is 1.65 bits per heavy atom. The molecule has 1 aliphatic rings. The Bertz CT molecular complexity index is 1610. The summed E-state index contributed by atoms with van der Waals surface area (Å²) < 4.78 is 34.1. The minimum absolute atomic E-state index is 0.200. The Morgan fingerprint density at radius 3 is 2.30 bits per heavy atom. The molecule has 0 saturated carbocycles. The van der Waals surface area contributed by atoms with Crippen molar-refractivity contribution in [1.82, 2.24) is 9.97 Å². The second-order valence-electron chi connectivity index (χ2n) is 10.2. The third-order valence-corrected chi connectivity index (χ3v) is 7.60. The monoisotopic (exact) mass is 587 g/mol. The fourth-order valence-corrected chi connectivity index (χ4v) is 5.37. The summed E-state index contributed by atoms with van der Waals surface area (Å²) in [6.45, 7) is 3.31. The van der Waals surface area contributed by atoms with Crippen molar-refractivity contribution in [1.29, 1.82) is 0 Å². The molecule has 0 N–H and O–H groups in total. The third kappa shape index (κ3) is 6.53. The fraction of sp³-hybridized carbons (Fsp3) is 0.364. The molecule has 2 heterocycles. The highest BCUT2D eigenvalue weighted by atomic mass is 16.5. The highest BCUT2D eigenvalue weighted by molar-refractivity contribution is 5.89. The van der Waals surface area contributed by atoms with Crippen LogP contribution in [-0.2, 0) is 22.6 Å². The van der Waals surface area contributed by atoms with E-state index in [4.69, 9.17) is 33.1 Å². The molecule has 1 atom stereocenters. The molecule has 0 fully saturated rings. The van der Waals surface area contributed by atoms with E-state index in [-0.39, 0.29) is 11.9 Å². The van der Waals surface area contributed by atoms with Gasteiger partial charge in [-0.15, -0.1) is 0 Å². The molecule has 0 spiro atoms. The summed E-state index contributed by atoms with van der Waals surface area (Å²) in [4.78, 5) is 23.7. The van der Waals surface area contributed by atoms with Crippen LogP contribution in [0.2, 0.25) is 0 Å². The molecule has 226 valence electrons. The molecular formula is C33H37N3O7. The van der Waals surface area contributed by atoms with Crippen molar-refractivity contribution < 1.29 is 32.9 Å². The number of rotatable bonds is 12. The number of allylic oxidation sites excluding steroid dienone is 2. The van der Waals surface area contributed by atoms with Crippen LogP contribution in [0.4, 0.5) is 6.01 Å². The summed E-state index contributed by atoms with van der Waals surface area (Å²) in [5.74, 6) is 2.41. The van der Waals surface area contributed by atoms with Crippen LogP contribution in [0.5, 0.6) is 23.0 Å². The maximum absolute atomic E-state index is 12.3. The van der Waals surface area contributed by atoms with Crippen LogP contribution < -0.4 is 23.8 Å². The quantitative estimate of drug-likeness (QED) is 0.178. The van der Waals surface area contributed by atoms with Crippen LogP contribution in [-0.4, -0.2) is 51.0 Å². The molecular weight excluding hydrogens is 550 g/mol. The molecule has 43 heavy (non-hydrogen) atoms. The second kappa shape index (κ2) is 13.5. The minimum Gasteiger partial charge on any atom is -0.497 e. The lowest BCUT2D eigenvalue weighted by atomic mass is 9.86. The van der Waals surface area contributed by atoms with Gasteiger partial charge in [-0.1, -0.05) is 6.08 Å². The maximum Gasteiger partial charge on any atom is 0.309 e. The molecule has 10 nitrogen and oxygen atoms in total. The van der Waals surface area contributed by atoms with E-state index in [0.717, 1.165) is 35.1 Å². The number of nitrogens with zero attached hydrogens (tertiary/aromatic N) is 3. The number of carbonyl (C=O) groups excluding carboxylic acids is 1. The number of oxazole rings is 1. The van der Waals surface area contributed by atoms with Gasteiger partial charge in [0.15, 0.2) is 5.58 Å². The van der Waals surface area contributed by atoms with E-state index >= 15 is 0 Å². The van der Waals surface area contributed by atoms with Crippen molar-refractivity contribution in [3.8, 4) is 23.0 Å². The average molecular weight is 588 g/mol. The summed E-state index contributed by atoms with van der Waals surface area (Å²) >= 11 is 0. The number of fused-ring (bicyclic) bond motifs is 1. The Labute approximate surface area is 251 Å². The number of anilines is 1. The Kier molecular flexibility index (Phi) is 9.34. The van der Waals surface area contributed by atoms with Crippen molar-refractivity contribution in [2.75, 3.05) is 39.9 Å². The standard InChI is InChI=1S/C33H37N3O7/c1-6-42-30-16-26(39-3)13-11-24(30)20-36(19-23-10-12-25(38-2)15-29(23)40-4)33-35-28-18-34-17-27(31(28)43-33)21-8-7-9-22(14-21)32(37)41-5/h8,10-13,15-18,22H,6-7,9,14,19-20H2,1-5H3. The van der Waals surface area contributed by atoms with Gasteiger partial charge in [0.25, 0.3) is 6.01 Å². The molecule has 0 bridgehead atoms. The van der Waals surface area contributed by atoms with Gasteiger partial charge in [-0.25, -0.2) is 0 Å². The number of pyridine rings is 1. The lowest BCUT2D eigenvalue weighted by Gasteiger charge is -2.24. The van der Waals surface area contributed by atoms with Crippen LogP contribution in [0.1, 0.15) is 42.9 Å². The lowest BCUT2D eigenvalue weighted by molar-refractivity contribution is -0.145. The van der Waals surface area contributed by atoms with Crippen LogP contribution in [0, 0.1) is 5.92 Å². The van der Waals surface area contributed by atoms with E-state index in [0.29, 0.717) is 66.2 Å². The molecule has 0 saturated heterocycles. The van der Waals surface area contributed by atoms with Gasteiger partial charge in [-0.3, -0.25) is 9.78 Å². The molecule has 0 aliphatic heterocycles. The molecule has 1 unspecified atom stereocenters. The Morgan fingerprint density at radius 1 is 0.953 bits per heavy atom. The van der Waals surface area contributed by atoms with Gasteiger partial charge in [0, 0.05) is 35.0 Å². The molecule has 10 heteroatoms. The van der Waals surface area contributed by atoms with E-state index in [2.05, 4.69) is 11.1 Å². The molecule has 2 aromatic heterocycles. The van der Waals surface area contributed by atoms with Crippen molar-refractivity contribution in [3.63, 3.8) is 0 Å². The van der Waals surface area contributed by atoms with Gasteiger partial charge in [-0.05, 0) is 56.0 Å². The highest BCUT2D eigenvalue weighted by Crippen LogP contribution is 2.37. The maximum atomic E-state index is 12.3. The molecule has 5 rings (SSSR count). The van der Waals surface area contributed by atoms with Crippen molar-refractivity contribution in [3.05, 3.63) is 71.6 Å². The van der Waals surface area contributed by atoms with Crippen LogP contribution >= 0.6 is 0 Å². The number of aromatic nitrogens is 2. The van der Waals surface area contributed by atoms with Gasteiger partial charge in [0.2, 0.25) is 0 Å². The number of benzene rings is 2. The summed E-state index contributed by atoms with van der Waals surface area (Å²) in [6.07, 6.45) is 7.69.